The Morgan fingerprint density at radius 3 is 2.70 bits per heavy atom. The van der Waals surface area contributed by atoms with Gasteiger partial charge in [-0.2, -0.15) is 0 Å². The molecule has 0 radical (unpaired) electrons. The molecule has 0 aliphatic heterocycles. The van der Waals surface area contributed by atoms with Gasteiger partial charge in [0.1, 0.15) is 0 Å². The smallest absolute Gasteiger partial charge is 0.0437 e. The Morgan fingerprint density at radius 1 is 1.25 bits per heavy atom. The van der Waals surface area contributed by atoms with Crippen molar-refractivity contribution in [3.8, 4) is 0 Å². The van der Waals surface area contributed by atoms with E-state index in [0.29, 0.717) is 5.54 Å². The van der Waals surface area contributed by atoms with Crippen LogP contribution < -0.4 is 11.1 Å². The number of benzene rings is 1. The summed E-state index contributed by atoms with van der Waals surface area (Å²) < 4.78 is 0. The fourth-order valence-corrected chi connectivity index (χ4v) is 2.99. The van der Waals surface area contributed by atoms with Crippen LogP contribution in [0.3, 0.4) is 0 Å². The van der Waals surface area contributed by atoms with Crippen molar-refractivity contribution in [2.75, 3.05) is 31.7 Å². The highest BCUT2D eigenvalue weighted by Gasteiger charge is 2.38. The number of nitrogens with zero attached hydrogens (tertiary/aromatic N) is 2. The number of fused-ring (bicyclic) bond motifs is 1. The van der Waals surface area contributed by atoms with Crippen LogP contribution in [0.5, 0.6) is 0 Å². The summed E-state index contributed by atoms with van der Waals surface area (Å²) in [5.41, 5.74) is 8.26. The van der Waals surface area contributed by atoms with Crippen LogP contribution in [0.4, 0.5) is 11.4 Å². The van der Waals surface area contributed by atoms with Crippen molar-refractivity contribution in [1.82, 2.24) is 9.88 Å². The Bertz CT molecular complexity index is 617. The van der Waals surface area contributed by atoms with Crippen LogP contribution in [-0.2, 0) is 0 Å². The van der Waals surface area contributed by atoms with Crippen LogP contribution in [0, 0.1) is 0 Å². The molecule has 2 aromatic rings. The number of pyridine rings is 1. The quantitative estimate of drug-likeness (QED) is 0.839. The van der Waals surface area contributed by atoms with Gasteiger partial charge in [-0.25, -0.2) is 0 Å². The van der Waals surface area contributed by atoms with Gasteiger partial charge in [-0.1, -0.05) is 0 Å². The summed E-state index contributed by atoms with van der Waals surface area (Å²) in [6.45, 7) is 0.966. The molecule has 0 saturated heterocycles. The third kappa shape index (κ3) is 2.10. The van der Waals surface area contributed by atoms with Gasteiger partial charge in [0.05, 0.1) is 0 Å². The van der Waals surface area contributed by atoms with Gasteiger partial charge >= 0.3 is 0 Å². The Morgan fingerprint density at radius 2 is 2.05 bits per heavy atom. The third-order valence-corrected chi connectivity index (χ3v) is 4.69. The molecule has 4 heteroatoms. The molecule has 0 atom stereocenters. The molecular formula is C16H22N4. The van der Waals surface area contributed by atoms with Crippen molar-refractivity contribution < 1.29 is 0 Å². The van der Waals surface area contributed by atoms with Crippen LogP contribution in [0.15, 0.2) is 30.6 Å². The van der Waals surface area contributed by atoms with Crippen LogP contribution in [0.1, 0.15) is 19.3 Å². The van der Waals surface area contributed by atoms with E-state index in [9.17, 15) is 0 Å². The molecule has 1 saturated carbocycles. The van der Waals surface area contributed by atoms with E-state index in [2.05, 4.69) is 35.4 Å². The summed E-state index contributed by atoms with van der Waals surface area (Å²) in [6, 6.07) is 6.00. The lowest BCUT2D eigenvalue weighted by molar-refractivity contribution is 0.0739. The minimum Gasteiger partial charge on any atom is -0.398 e. The molecule has 0 amide bonds. The molecule has 0 unspecified atom stereocenters. The molecule has 0 spiro atoms. The summed E-state index contributed by atoms with van der Waals surface area (Å²) in [5, 5.41) is 5.77. The number of hydrogen-bond donors (Lipinski definition) is 2. The first kappa shape index (κ1) is 13.2. The molecule has 3 rings (SSSR count). The van der Waals surface area contributed by atoms with E-state index in [1.807, 2.05) is 18.3 Å². The van der Waals surface area contributed by atoms with Crippen molar-refractivity contribution in [2.24, 2.45) is 0 Å². The summed E-state index contributed by atoms with van der Waals surface area (Å²) in [4.78, 5) is 6.57. The number of nitrogens with one attached hydrogen (secondary N) is 1. The Balaban J connectivity index is 1.87. The number of hydrogen-bond acceptors (Lipinski definition) is 4. The zero-order chi connectivity index (χ0) is 14.2. The van der Waals surface area contributed by atoms with E-state index < -0.39 is 0 Å². The highest BCUT2D eigenvalue weighted by molar-refractivity contribution is 6.00. The van der Waals surface area contributed by atoms with Gasteiger partial charge in [-0.3, -0.25) is 4.98 Å². The molecule has 20 heavy (non-hydrogen) atoms. The van der Waals surface area contributed by atoms with Gasteiger partial charge in [0, 0.05) is 46.6 Å². The van der Waals surface area contributed by atoms with Crippen LogP contribution >= 0.6 is 0 Å². The van der Waals surface area contributed by atoms with Gasteiger partial charge in [-0.15, -0.1) is 0 Å². The second kappa shape index (κ2) is 4.94. The average Bonchev–Trinajstić information content (AvgIpc) is 2.40. The Hall–Kier alpha value is -1.81. The van der Waals surface area contributed by atoms with Crippen molar-refractivity contribution in [1.29, 1.82) is 0 Å². The molecular weight excluding hydrogens is 248 g/mol. The third-order valence-electron chi connectivity index (χ3n) is 4.69. The topological polar surface area (TPSA) is 54.2 Å². The molecule has 3 N–H and O–H groups in total. The Kier molecular flexibility index (Phi) is 3.26. The lowest BCUT2D eigenvalue weighted by atomic mass is 9.75. The molecule has 1 aliphatic rings. The number of likely N-dealkylation sites (N-methyl/N-ethyl adjacent to an activating group) is 1. The zero-order valence-corrected chi connectivity index (χ0v) is 12.2. The molecule has 4 nitrogen and oxygen atoms in total. The van der Waals surface area contributed by atoms with Crippen LogP contribution in [0.25, 0.3) is 10.8 Å². The standard InChI is InChI=1S/C16H22N4/c1-20(2)16(7-3-8-16)11-19-15-5-4-14(17)12-6-9-18-10-13(12)15/h4-6,9-10,19H,3,7-8,11,17H2,1-2H3. The first-order valence-electron chi connectivity index (χ1n) is 7.16. The largest absolute Gasteiger partial charge is 0.398 e. The fourth-order valence-electron chi connectivity index (χ4n) is 2.99. The normalized spacial score (nSPS) is 17.1. The van der Waals surface area contributed by atoms with Crippen molar-refractivity contribution in [2.45, 2.75) is 24.8 Å². The van der Waals surface area contributed by atoms with Gasteiger partial charge in [0.2, 0.25) is 0 Å². The lowest BCUT2D eigenvalue weighted by Gasteiger charge is -2.47. The van der Waals surface area contributed by atoms with Gasteiger partial charge in [-0.05, 0) is 51.6 Å². The summed E-state index contributed by atoms with van der Waals surface area (Å²) in [7, 11) is 4.34. The monoisotopic (exact) mass is 270 g/mol. The predicted molar refractivity (Wildman–Crippen MR) is 84.9 cm³/mol. The van der Waals surface area contributed by atoms with Gasteiger partial charge in [0.25, 0.3) is 0 Å². The van der Waals surface area contributed by atoms with E-state index in [1.165, 1.54) is 19.3 Å². The van der Waals surface area contributed by atoms with Crippen LogP contribution in [0.2, 0.25) is 0 Å². The maximum absolute atomic E-state index is 6.03. The highest BCUT2D eigenvalue weighted by Crippen LogP contribution is 2.37. The van der Waals surface area contributed by atoms with E-state index >= 15 is 0 Å². The van der Waals surface area contributed by atoms with Gasteiger partial charge in [0.15, 0.2) is 0 Å². The number of rotatable bonds is 4. The molecule has 1 aromatic heterocycles. The second-order valence-electron chi connectivity index (χ2n) is 5.95. The molecule has 1 fully saturated rings. The summed E-state index contributed by atoms with van der Waals surface area (Å²) in [6.07, 6.45) is 7.52. The lowest BCUT2D eigenvalue weighted by Crippen LogP contribution is -2.54. The highest BCUT2D eigenvalue weighted by atomic mass is 15.2. The second-order valence-corrected chi connectivity index (χ2v) is 5.95. The molecule has 0 bridgehead atoms. The minimum absolute atomic E-state index is 0.302. The van der Waals surface area contributed by atoms with Crippen molar-refractivity contribution >= 4 is 22.1 Å². The number of anilines is 2. The summed E-state index contributed by atoms with van der Waals surface area (Å²) >= 11 is 0. The van der Waals surface area contributed by atoms with E-state index in [0.717, 1.165) is 28.7 Å². The predicted octanol–water partition coefficient (Wildman–Crippen LogP) is 2.71. The van der Waals surface area contributed by atoms with Crippen molar-refractivity contribution in [3.63, 3.8) is 0 Å². The molecule has 106 valence electrons. The van der Waals surface area contributed by atoms with Crippen molar-refractivity contribution in [3.05, 3.63) is 30.6 Å². The maximum Gasteiger partial charge on any atom is 0.0437 e. The van der Waals surface area contributed by atoms with E-state index in [4.69, 9.17) is 5.73 Å². The first-order valence-corrected chi connectivity index (χ1v) is 7.16. The van der Waals surface area contributed by atoms with E-state index in [-0.39, 0.29) is 0 Å². The SMILES string of the molecule is CN(C)C1(CNc2ccc(N)c3ccncc23)CCC1. The number of aromatic nitrogens is 1. The average molecular weight is 270 g/mol. The summed E-state index contributed by atoms with van der Waals surface area (Å²) in [5.74, 6) is 0. The first-order chi connectivity index (χ1) is 9.62. The molecule has 1 aliphatic carbocycles. The van der Waals surface area contributed by atoms with Crippen LogP contribution in [-0.4, -0.2) is 36.1 Å². The Labute approximate surface area is 120 Å². The molecule has 1 aromatic carbocycles. The fraction of sp³-hybridized carbons (Fsp3) is 0.438. The van der Waals surface area contributed by atoms with E-state index in [1.54, 1.807) is 6.20 Å². The van der Waals surface area contributed by atoms with Gasteiger partial charge < -0.3 is 16.0 Å². The maximum atomic E-state index is 6.03. The number of nitrogen functional groups attached to an aromatic ring is 1. The zero-order valence-electron chi connectivity index (χ0n) is 12.2. The molecule has 1 heterocycles. The minimum atomic E-state index is 0.302. The number of nitrogens with two attached hydrogens (primary N) is 1.